The van der Waals surface area contributed by atoms with E-state index in [1.54, 1.807) is 7.05 Å². The van der Waals surface area contributed by atoms with E-state index < -0.39 is 11.7 Å². The van der Waals surface area contributed by atoms with Gasteiger partial charge in [-0.1, -0.05) is 13.0 Å². The molecule has 1 unspecified atom stereocenters. The maximum Gasteiger partial charge on any atom is 0.416 e. The minimum atomic E-state index is -4.40. The summed E-state index contributed by atoms with van der Waals surface area (Å²) in [5.41, 5.74) is -0.732. The molecule has 1 heterocycles. The van der Waals surface area contributed by atoms with Crippen molar-refractivity contribution in [2.45, 2.75) is 39.1 Å². The normalized spacial score (nSPS) is 12.9. The molecule has 1 aromatic heterocycles. The molecule has 29 heavy (non-hydrogen) atoms. The summed E-state index contributed by atoms with van der Waals surface area (Å²) >= 11 is 0. The lowest BCUT2D eigenvalue weighted by molar-refractivity contribution is -0.137. The van der Waals surface area contributed by atoms with E-state index in [2.05, 4.69) is 25.8 Å². The van der Waals surface area contributed by atoms with Crippen LogP contribution < -0.4 is 15.4 Å². The first-order valence-electron chi connectivity index (χ1n) is 8.87. The van der Waals surface area contributed by atoms with Crippen molar-refractivity contribution >= 4 is 29.9 Å². The topological polar surface area (TPSA) is 76.4 Å². The van der Waals surface area contributed by atoms with Crippen LogP contribution in [-0.2, 0) is 19.8 Å². The van der Waals surface area contributed by atoms with Crippen molar-refractivity contribution in [2.75, 3.05) is 13.6 Å². The maximum atomic E-state index is 12.8. The number of hydrogen-bond acceptors (Lipinski definition) is 4. The summed E-state index contributed by atoms with van der Waals surface area (Å²) in [4.78, 5) is 4.13. The van der Waals surface area contributed by atoms with Crippen molar-refractivity contribution in [3.8, 4) is 5.75 Å². The standard InChI is InChI=1S/C18H25F3N6O.HI/c1-5-14(28-15-8-6-7-13(9-15)18(19,20)21)10-23-17(22-3)24-11-16-26-25-12(2)27(16)4;/h6-9,14H,5,10-11H2,1-4H3,(H2,22,23,24);1H. The second-order valence-corrected chi connectivity index (χ2v) is 6.20. The molecule has 0 saturated heterocycles. The highest BCUT2D eigenvalue weighted by atomic mass is 127. The molecule has 1 aromatic carbocycles. The van der Waals surface area contributed by atoms with E-state index in [1.807, 2.05) is 25.5 Å². The summed E-state index contributed by atoms with van der Waals surface area (Å²) < 4.78 is 46.1. The van der Waals surface area contributed by atoms with Crippen LogP contribution in [0.3, 0.4) is 0 Å². The van der Waals surface area contributed by atoms with Crippen molar-refractivity contribution in [3.63, 3.8) is 0 Å². The second kappa shape index (κ2) is 11.2. The predicted octanol–water partition coefficient (Wildman–Crippen LogP) is 3.28. The largest absolute Gasteiger partial charge is 0.489 e. The number of rotatable bonds is 7. The van der Waals surface area contributed by atoms with Crippen molar-refractivity contribution in [1.82, 2.24) is 25.4 Å². The van der Waals surface area contributed by atoms with Gasteiger partial charge < -0.3 is 19.9 Å². The first kappa shape index (κ1) is 25.0. The lowest BCUT2D eigenvalue weighted by atomic mass is 10.2. The lowest BCUT2D eigenvalue weighted by Gasteiger charge is -2.20. The van der Waals surface area contributed by atoms with E-state index >= 15 is 0 Å². The molecular weight excluding hydrogens is 500 g/mol. The van der Waals surface area contributed by atoms with Crippen LogP contribution in [0.5, 0.6) is 5.75 Å². The number of aromatic nitrogens is 3. The van der Waals surface area contributed by atoms with Crippen LogP contribution in [0.25, 0.3) is 0 Å². The minimum Gasteiger partial charge on any atom is -0.489 e. The van der Waals surface area contributed by atoms with Gasteiger partial charge in [0, 0.05) is 14.1 Å². The Morgan fingerprint density at radius 3 is 2.55 bits per heavy atom. The zero-order valence-corrected chi connectivity index (χ0v) is 19.1. The Labute approximate surface area is 185 Å². The van der Waals surface area contributed by atoms with Crippen LogP contribution in [-0.4, -0.2) is 40.4 Å². The molecule has 162 valence electrons. The van der Waals surface area contributed by atoms with E-state index in [-0.39, 0.29) is 35.8 Å². The van der Waals surface area contributed by atoms with Crippen molar-refractivity contribution in [3.05, 3.63) is 41.5 Å². The summed E-state index contributed by atoms with van der Waals surface area (Å²) in [5.74, 6) is 2.28. The quantitative estimate of drug-likeness (QED) is 0.329. The Kier molecular flexibility index (Phi) is 9.66. The molecule has 0 aliphatic rings. The van der Waals surface area contributed by atoms with Gasteiger partial charge in [0.25, 0.3) is 0 Å². The summed E-state index contributed by atoms with van der Waals surface area (Å²) in [7, 11) is 3.50. The van der Waals surface area contributed by atoms with Gasteiger partial charge in [-0.05, 0) is 31.5 Å². The number of nitrogens with one attached hydrogen (secondary N) is 2. The number of aliphatic imine (C=N–C) groups is 1. The first-order valence-corrected chi connectivity index (χ1v) is 8.87. The molecule has 7 nitrogen and oxygen atoms in total. The summed E-state index contributed by atoms with van der Waals surface area (Å²) in [6.45, 7) is 4.57. The minimum absolute atomic E-state index is 0. The number of nitrogens with zero attached hydrogens (tertiary/aromatic N) is 4. The molecule has 0 radical (unpaired) electrons. The highest BCUT2D eigenvalue weighted by Crippen LogP contribution is 2.31. The molecule has 0 bridgehead atoms. The van der Waals surface area contributed by atoms with Gasteiger partial charge in [-0.3, -0.25) is 4.99 Å². The van der Waals surface area contributed by atoms with Gasteiger partial charge >= 0.3 is 6.18 Å². The third kappa shape index (κ3) is 7.37. The molecule has 2 aromatic rings. The van der Waals surface area contributed by atoms with Gasteiger partial charge in [0.05, 0.1) is 18.7 Å². The summed E-state index contributed by atoms with van der Waals surface area (Å²) in [5, 5.41) is 14.3. The van der Waals surface area contributed by atoms with Crippen LogP contribution in [0.1, 0.15) is 30.6 Å². The fourth-order valence-electron chi connectivity index (χ4n) is 2.41. The van der Waals surface area contributed by atoms with Crippen LogP contribution in [0.4, 0.5) is 13.2 Å². The predicted molar refractivity (Wildman–Crippen MR) is 116 cm³/mol. The Bertz CT molecular complexity index is 809. The SMILES string of the molecule is CCC(CNC(=NC)NCc1nnc(C)n1C)Oc1cccc(C(F)(F)F)c1.I. The molecule has 0 spiro atoms. The van der Waals surface area contributed by atoms with Gasteiger partial charge in [-0.2, -0.15) is 13.2 Å². The fourth-order valence-corrected chi connectivity index (χ4v) is 2.41. The Hall–Kier alpha value is -2.05. The number of halogens is 4. The van der Waals surface area contributed by atoms with Gasteiger partial charge in [0.15, 0.2) is 11.8 Å². The molecule has 0 amide bonds. The van der Waals surface area contributed by atoms with Crippen molar-refractivity contribution in [1.29, 1.82) is 0 Å². The first-order chi connectivity index (χ1) is 13.2. The maximum absolute atomic E-state index is 12.8. The molecule has 1 atom stereocenters. The number of ether oxygens (including phenoxy) is 1. The average molecular weight is 526 g/mol. The Balaban J connectivity index is 0.00000420. The van der Waals surface area contributed by atoms with Crippen molar-refractivity contribution in [2.24, 2.45) is 12.0 Å². The smallest absolute Gasteiger partial charge is 0.416 e. The van der Waals surface area contributed by atoms with Gasteiger partial charge in [-0.15, -0.1) is 34.2 Å². The Morgan fingerprint density at radius 1 is 1.28 bits per heavy atom. The van der Waals surface area contributed by atoms with E-state index in [0.29, 0.717) is 25.5 Å². The third-order valence-corrected chi connectivity index (χ3v) is 4.24. The third-order valence-electron chi connectivity index (χ3n) is 4.24. The molecule has 2 N–H and O–H groups in total. The zero-order chi connectivity index (χ0) is 20.7. The van der Waals surface area contributed by atoms with Gasteiger partial charge in [-0.25, -0.2) is 0 Å². The van der Waals surface area contributed by atoms with Gasteiger partial charge in [0.2, 0.25) is 0 Å². The monoisotopic (exact) mass is 526 g/mol. The highest BCUT2D eigenvalue weighted by molar-refractivity contribution is 14.0. The molecular formula is C18H26F3IN6O. The van der Waals surface area contributed by atoms with Crippen LogP contribution >= 0.6 is 24.0 Å². The van der Waals surface area contributed by atoms with E-state index in [0.717, 1.165) is 23.8 Å². The number of alkyl halides is 3. The summed E-state index contributed by atoms with van der Waals surface area (Å²) in [6, 6.07) is 4.88. The Morgan fingerprint density at radius 2 is 2.00 bits per heavy atom. The van der Waals surface area contributed by atoms with Crippen LogP contribution in [0, 0.1) is 6.92 Å². The van der Waals surface area contributed by atoms with Crippen molar-refractivity contribution < 1.29 is 17.9 Å². The zero-order valence-electron chi connectivity index (χ0n) is 16.7. The van der Waals surface area contributed by atoms with E-state index in [1.165, 1.54) is 12.1 Å². The number of benzene rings is 1. The molecule has 2 rings (SSSR count). The second-order valence-electron chi connectivity index (χ2n) is 6.20. The molecule has 11 heteroatoms. The molecule has 0 aliphatic heterocycles. The highest BCUT2D eigenvalue weighted by Gasteiger charge is 2.30. The fraction of sp³-hybridized carbons (Fsp3) is 0.500. The molecule has 0 aliphatic carbocycles. The molecule has 0 fully saturated rings. The van der Waals surface area contributed by atoms with E-state index in [4.69, 9.17) is 4.74 Å². The average Bonchev–Trinajstić information content (AvgIpc) is 2.98. The van der Waals surface area contributed by atoms with Crippen LogP contribution in [0.2, 0.25) is 0 Å². The van der Waals surface area contributed by atoms with E-state index in [9.17, 15) is 13.2 Å². The van der Waals surface area contributed by atoms with Crippen LogP contribution in [0.15, 0.2) is 29.3 Å². The number of hydrogen-bond donors (Lipinski definition) is 2. The molecule has 0 saturated carbocycles. The number of aryl methyl sites for hydroxylation is 1. The number of guanidine groups is 1. The van der Waals surface area contributed by atoms with Gasteiger partial charge in [0.1, 0.15) is 17.7 Å². The summed E-state index contributed by atoms with van der Waals surface area (Å²) in [6.07, 6.45) is -4.11. The lowest BCUT2D eigenvalue weighted by Crippen LogP contribution is -2.42.